The maximum atomic E-state index is 12.9. The summed E-state index contributed by atoms with van der Waals surface area (Å²) in [7, 11) is 1.87. The van der Waals surface area contributed by atoms with E-state index in [0.717, 1.165) is 40.3 Å². The third kappa shape index (κ3) is 2.53. The third-order valence-corrected chi connectivity index (χ3v) is 6.25. The van der Waals surface area contributed by atoms with Crippen LogP contribution in [0.15, 0.2) is 18.3 Å². The monoisotopic (exact) mass is 344 g/mol. The van der Waals surface area contributed by atoms with Crippen LogP contribution in [0.4, 0.5) is 0 Å². The summed E-state index contributed by atoms with van der Waals surface area (Å²) in [6.07, 6.45) is 4.80. The first-order chi connectivity index (χ1) is 11.1. The van der Waals surface area contributed by atoms with Crippen molar-refractivity contribution in [1.82, 2.24) is 19.9 Å². The van der Waals surface area contributed by atoms with Crippen LogP contribution in [0.2, 0.25) is 0 Å². The van der Waals surface area contributed by atoms with Crippen molar-refractivity contribution in [3.63, 3.8) is 0 Å². The van der Waals surface area contributed by atoms with Gasteiger partial charge in [0, 0.05) is 13.2 Å². The molecular weight excluding hydrogens is 328 g/mol. The number of aryl methyl sites for hydroxylation is 2. The van der Waals surface area contributed by atoms with E-state index >= 15 is 0 Å². The molecular formula is C16H16N4OS2. The summed E-state index contributed by atoms with van der Waals surface area (Å²) in [5.41, 5.74) is 1.95. The molecule has 3 heterocycles. The maximum Gasteiger partial charge on any atom is 0.283 e. The number of rotatable bonds is 2. The van der Waals surface area contributed by atoms with Gasteiger partial charge in [0.15, 0.2) is 5.01 Å². The molecule has 7 heteroatoms. The minimum Gasteiger partial charge on any atom is -0.332 e. The summed E-state index contributed by atoms with van der Waals surface area (Å²) < 4.78 is 0. The Balaban J connectivity index is 1.66. The van der Waals surface area contributed by atoms with Gasteiger partial charge in [0.05, 0.1) is 21.6 Å². The van der Waals surface area contributed by atoms with Crippen molar-refractivity contribution >= 4 is 38.9 Å². The molecule has 1 aliphatic carbocycles. The SMILES string of the molecule is Cc1nc2c(s1)[C@H](N(C)C(=O)c1nc3cccnc3s1)CCC2. The smallest absolute Gasteiger partial charge is 0.283 e. The highest BCUT2D eigenvalue weighted by Crippen LogP contribution is 2.38. The first-order valence-corrected chi connectivity index (χ1v) is 9.21. The van der Waals surface area contributed by atoms with Crippen molar-refractivity contribution < 1.29 is 4.79 Å². The second-order valence-electron chi connectivity index (χ2n) is 5.71. The van der Waals surface area contributed by atoms with Crippen LogP contribution in [-0.2, 0) is 6.42 Å². The number of fused-ring (bicyclic) bond motifs is 2. The van der Waals surface area contributed by atoms with E-state index in [-0.39, 0.29) is 11.9 Å². The molecule has 0 saturated heterocycles. The molecule has 0 unspecified atom stereocenters. The number of thiazole rings is 2. The van der Waals surface area contributed by atoms with E-state index in [2.05, 4.69) is 15.0 Å². The Bertz CT molecular complexity index is 852. The minimum atomic E-state index is -0.0306. The van der Waals surface area contributed by atoms with Gasteiger partial charge in [-0.05, 0) is 38.3 Å². The zero-order valence-electron chi connectivity index (χ0n) is 12.9. The van der Waals surface area contributed by atoms with Gasteiger partial charge in [0.2, 0.25) is 0 Å². The highest BCUT2D eigenvalue weighted by Gasteiger charge is 2.31. The molecule has 3 aromatic heterocycles. The van der Waals surface area contributed by atoms with Crippen LogP contribution in [-0.4, -0.2) is 32.8 Å². The average molecular weight is 344 g/mol. The zero-order chi connectivity index (χ0) is 16.0. The lowest BCUT2D eigenvalue weighted by molar-refractivity contribution is 0.0718. The van der Waals surface area contributed by atoms with Gasteiger partial charge in [-0.25, -0.2) is 15.0 Å². The molecule has 1 atom stereocenters. The predicted molar refractivity (Wildman–Crippen MR) is 92.0 cm³/mol. The molecule has 118 valence electrons. The molecule has 0 aliphatic heterocycles. The summed E-state index contributed by atoms with van der Waals surface area (Å²) in [6, 6.07) is 3.84. The van der Waals surface area contributed by atoms with Crippen LogP contribution in [0.3, 0.4) is 0 Å². The van der Waals surface area contributed by atoms with Gasteiger partial charge in [-0.1, -0.05) is 11.3 Å². The van der Waals surface area contributed by atoms with Crippen LogP contribution in [0.5, 0.6) is 0 Å². The van der Waals surface area contributed by atoms with Gasteiger partial charge in [-0.15, -0.1) is 11.3 Å². The number of carbonyl (C=O) groups is 1. The van der Waals surface area contributed by atoms with Crippen molar-refractivity contribution in [3.8, 4) is 0 Å². The van der Waals surface area contributed by atoms with Crippen LogP contribution in [0, 0.1) is 6.92 Å². The second kappa shape index (κ2) is 5.65. The molecule has 23 heavy (non-hydrogen) atoms. The summed E-state index contributed by atoms with van der Waals surface area (Å²) in [5, 5.41) is 1.58. The molecule has 1 amide bonds. The first-order valence-electron chi connectivity index (χ1n) is 7.58. The fourth-order valence-corrected chi connectivity index (χ4v) is 5.08. The molecule has 0 N–H and O–H groups in total. The number of pyridine rings is 1. The maximum absolute atomic E-state index is 12.9. The van der Waals surface area contributed by atoms with Gasteiger partial charge >= 0.3 is 0 Å². The Kier molecular flexibility index (Phi) is 3.61. The quantitative estimate of drug-likeness (QED) is 0.712. The Hall–Kier alpha value is -1.86. The number of hydrogen-bond donors (Lipinski definition) is 0. The molecule has 0 spiro atoms. The lowest BCUT2D eigenvalue weighted by Crippen LogP contribution is -2.32. The van der Waals surface area contributed by atoms with Gasteiger partial charge in [0.25, 0.3) is 5.91 Å². The van der Waals surface area contributed by atoms with Crippen molar-refractivity contribution in [2.45, 2.75) is 32.2 Å². The molecule has 0 aromatic carbocycles. The number of carbonyl (C=O) groups excluding carboxylic acids is 1. The van der Waals surface area contributed by atoms with Gasteiger partial charge in [0.1, 0.15) is 10.3 Å². The Labute approximate surface area is 142 Å². The van der Waals surface area contributed by atoms with Crippen LogP contribution < -0.4 is 0 Å². The van der Waals surface area contributed by atoms with E-state index in [4.69, 9.17) is 0 Å². The van der Waals surface area contributed by atoms with Crippen molar-refractivity contribution in [2.24, 2.45) is 0 Å². The molecule has 5 nitrogen and oxygen atoms in total. The number of aromatic nitrogens is 3. The van der Waals surface area contributed by atoms with Crippen molar-refractivity contribution in [3.05, 3.63) is 38.9 Å². The number of amides is 1. The highest BCUT2D eigenvalue weighted by molar-refractivity contribution is 7.19. The molecule has 0 fully saturated rings. The van der Waals surface area contributed by atoms with E-state index in [1.54, 1.807) is 17.5 Å². The van der Waals surface area contributed by atoms with E-state index in [1.165, 1.54) is 16.2 Å². The predicted octanol–water partition coefficient (Wildman–Crippen LogP) is 3.61. The highest BCUT2D eigenvalue weighted by atomic mass is 32.1. The molecule has 0 radical (unpaired) electrons. The van der Waals surface area contributed by atoms with E-state index in [0.29, 0.717) is 5.01 Å². The van der Waals surface area contributed by atoms with E-state index < -0.39 is 0 Å². The summed E-state index contributed by atoms with van der Waals surface area (Å²) in [5.74, 6) is -0.0306. The number of hydrogen-bond acceptors (Lipinski definition) is 6. The molecule has 1 aliphatic rings. The minimum absolute atomic E-state index is 0.0306. The lowest BCUT2D eigenvalue weighted by atomic mass is 9.97. The fraction of sp³-hybridized carbons (Fsp3) is 0.375. The van der Waals surface area contributed by atoms with E-state index in [9.17, 15) is 4.79 Å². The lowest BCUT2D eigenvalue weighted by Gasteiger charge is -2.30. The molecule has 4 rings (SSSR count). The molecule has 0 saturated carbocycles. The van der Waals surface area contributed by atoms with Crippen LogP contribution in [0.1, 0.15) is 44.3 Å². The summed E-state index contributed by atoms with van der Waals surface area (Å²) in [6.45, 7) is 2.03. The summed E-state index contributed by atoms with van der Waals surface area (Å²) in [4.78, 5) is 30.1. The van der Waals surface area contributed by atoms with Crippen LogP contribution >= 0.6 is 22.7 Å². The average Bonchev–Trinajstić information content (AvgIpc) is 3.15. The van der Waals surface area contributed by atoms with Crippen LogP contribution in [0.25, 0.3) is 10.3 Å². The van der Waals surface area contributed by atoms with Crippen molar-refractivity contribution in [2.75, 3.05) is 7.05 Å². The second-order valence-corrected chi connectivity index (χ2v) is 7.93. The van der Waals surface area contributed by atoms with Crippen molar-refractivity contribution in [1.29, 1.82) is 0 Å². The fourth-order valence-electron chi connectivity index (χ4n) is 3.04. The normalized spacial score (nSPS) is 17.2. The summed E-state index contributed by atoms with van der Waals surface area (Å²) >= 11 is 3.07. The first kappa shape index (κ1) is 14.7. The standard InChI is InChI=1S/C16H16N4OS2/c1-9-18-10-5-3-7-12(13(10)22-9)20(2)16(21)15-19-11-6-4-8-17-14(11)23-15/h4,6,8,12H,3,5,7H2,1-2H3/t12-/m1/s1. The Morgan fingerprint density at radius 1 is 1.35 bits per heavy atom. The molecule has 3 aromatic rings. The Morgan fingerprint density at radius 2 is 2.22 bits per heavy atom. The Morgan fingerprint density at radius 3 is 3.04 bits per heavy atom. The van der Waals surface area contributed by atoms with Gasteiger partial charge in [-0.3, -0.25) is 4.79 Å². The van der Waals surface area contributed by atoms with E-state index in [1.807, 2.05) is 31.0 Å². The molecule has 0 bridgehead atoms. The van der Waals surface area contributed by atoms with Gasteiger partial charge < -0.3 is 4.90 Å². The van der Waals surface area contributed by atoms with Gasteiger partial charge in [-0.2, -0.15) is 0 Å². The zero-order valence-corrected chi connectivity index (χ0v) is 14.6. The largest absolute Gasteiger partial charge is 0.332 e. The number of nitrogens with zero attached hydrogens (tertiary/aromatic N) is 4. The third-order valence-electron chi connectivity index (χ3n) is 4.17. The topological polar surface area (TPSA) is 59.0 Å².